The first kappa shape index (κ1) is 17.6. The molecule has 0 spiro atoms. The summed E-state index contributed by atoms with van der Waals surface area (Å²) in [5, 5.41) is 10.6. The molecular weight excluding hydrogens is 358 g/mol. The second-order valence-electron chi connectivity index (χ2n) is 5.33. The van der Waals surface area contributed by atoms with E-state index >= 15 is 0 Å². The Balaban J connectivity index is 1.89. The SMILES string of the molecule is CSc1ccccc1N1C(=O)CC(Sc2ccccc2C(=O)[O-])C1=O. The zero-order valence-corrected chi connectivity index (χ0v) is 14.9. The van der Waals surface area contributed by atoms with E-state index in [1.165, 1.54) is 22.7 Å². The summed E-state index contributed by atoms with van der Waals surface area (Å²) in [5.74, 6) is -1.91. The molecule has 0 bridgehead atoms. The molecule has 0 aliphatic carbocycles. The van der Waals surface area contributed by atoms with Crippen LogP contribution < -0.4 is 10.0 Å². The van der Waals surface area contributed by atoms with Crippen LogP contribution in [0.5, 0.6) is 0 Å². The summed E-state index contributed by atoms with van der Waals surface area (Å²) < 4.78 is 0. The average molecular weight is 372 g/mol. The Morgan fingerprint density at radius 3 is 2.40 bits per heavy atom. The summed E-state index contributed by atoms with van der Waals surface area (Å²) in [7, 11) is 0. The smallest absolute Gasteiger partial charge is 0.247 e. The maximum atomic E-state index is 12.8. The molecular formula is C18H14NO4S2-. The van der Waals surface area contributed by atoms with Crippen LogP contribution in [0, 0.1) is 0 Å². The lowest BCUT2D eigenvalue weighted by molar-refractivity contribution is -0.255. The van der Waals surface area contributed by atoms with Crippen LogP contribution in [0.15, 0.2) is 58.3 Å². The Labute approximate surface area is 153 Å². The molecule has 1 aliphatic heterocycles. The summed E-state index contributed by atoms with van der Waals surface area (Å²) in [4.78, 5) is 38.9. The number of carbonyl (C=O) groups is 3. The third-order valence-electron chi connectivity index (χ3n) is 3.81. The number of carboxylic acids is 1. The van der Waals surface area contributed by atoms with Gasteiger partial charge in [0.2, 0.25) is 11.8 Å². The Kier molecular flexibility index (Phi) is 5.15. The zero-order valence-electron chi connectivity index (χ0n) is 13.3. The van der Waals surface area contributed by atoms with Crippen LogP contribution in [0.1, 0.15) is 16.8 Å². The number of hydrogen-bond acceptors (Lipinski definition) is 6. The number of thioether (sulfide) groups is 2. The van der Waals surface area contributed by atoms with Gasteiger partial charge in [-0.3, -0.25) is 9.59 Å². The van der Waals surface area contributed by atoms with Gasteiger partial charge in [0.05, 0.1) is 16.9 Å². The van der Waals surface area contributed by atoms with E-state index in [1.54, 1.807) is 30.3 Å². The molecule has 1 aliphatic rings. The van der Waals surface area contributed by atoms with E-state index in [0.717, 1.165) is 16.7 Å². The van der Waals surface area contributed by atoms with Gasteiger partial charge in [-0.25, -0.2) is 4.90 Å². The molecule has 1 unspecified atom stereocenters. The number of anilines is 1. The van der Waals surface area contributed by atoms with Gasteiger partial charge in [-0.05, 0) is 24.5 Å². The predicted octanol–water partition coefficient (Wildman–Crippen LogP) is 2.20. The van der Waals surface area contributed by atoms with Crippen LogP contribution in [0.4, 0.5) is 5.69 Å². The molecule has 1 heterocycles. The van der Waals surface area contributed by atoms with Gasteiger partial charge in [-0.2, -0.15) is 0 Å². The highest BCUT2D eigenvalue weighted by atomic mass is 32.2. The second-order valence-corrected chi connectivity index (χ2v) is 7.43. The average Bonchev–Trinajstić information content (AvgIpc) is 2.88. The van der Waals surface area contributed by atoms with Gasteiger partial charge in [-0.1, -0.05) is 30.3 Å². The lowest BCUT2D eigenvalue weighted by Crippen LogP contribution is -2.31. The standard InChI is InChI=1S/C18H15NO4S2/c1-24-14-9-5-3-7-12(14)19-16(20)10-15(17(19)21)25-13-8-4-2-6-11(13)18(22)23/h2-9,15H,10H2,1H3,(H,22,23)/p-1. The summed E-state index contributed by atoms with van der Waals surface area (Å²) in [5.41, 5.74) is 0.594. The Bertz CT molecular complexity index is 852. The molecule has 7 heteroatoms. The van der Waals surface area contributed by atoms with E-state index in [-0.39, 0.29) is 23.8 Å². The zero-order chi connectivity index (χ0) is 18.0. The number of para-hydroxylation sites is 1. The quantitative estimate of drug-likeness (QED) is 0.591. The largest absolute Gasteiger partial charge is 0.545 e. The number of carboxylic acid groups (broad SMARTS) is 1. The molecule has 3 rings (SSSR count). The monoisotopic (exact) mass is 372 g/mol. The maximum absolute atomic E-state index is 12.8. The van der Waals surface area contributed by atoms with Gasteiger partial charge < -0.3 is 9.90 Å². The first-order valence-corrected chi connectivity index (χ1v) is 9.60. The molecule has 5 nitrogen and oxygen atoms in total. The number of aromatic carboxylic acids is 1. The van der Waals surface area contributed by atoms with Crippen molar-refractivity contribution < 1.29 is 19.5 Å². The minimum Gasteiger partial charge on any atom is -0.545 e. The second kappa shape index (κ2) is 7.33. The molecule has 2 aromatic carbocycles. The van der Waals surface area contributed by atoms with Crippen LogP contribution in [0.3, 0.4) is 0 Å². The van der Waals surface area contributed by atoms with Crippen LogP contribution in [0.2, 0.25) is 0 Å². The molecule has 1 atom stereocenters. The minimum atomic E-state index is -1.30. The number of rotatable bonds is 5. The number of nitrogens with zero attached hydrogens (tertiary/aromatic N) is 1. The molecule has 1 fully saturated rings. The summed E-state index contributed by atoms with van der Waals surface area (Å²) >= 11 is 2.55. The van der Waals surface area contributed by atoms with E-state index in [2.05, 4.69) is 0 Å². The topological polar surface area (TPSA) is 77.5 Å². The minimum absolute atomic E-state index is 0.0238. The number of amides is 2. The van der Waals surface area contributed by atoms with Crippen molar-refractivity contribution in [3.05, 3.63) is 54.1 Å². The van der Waals surface area contributed by atoms with Crippen LogP contribution >= 0.6 is 23.5 Å². The summed E-state index contributed by atoms with van der Waals surface area (Å²) in [6.07, 6.45) is 1.92. The number of benzene rings is 2. The lowest BCUT2D eigenvalue weighted by atomic mass is 10.2. The van der Waals surface area contributed by atoms with Crippen molar-refractivity contribution in [1.82, 2.24) is 0 Å². The molecule has 0 radical (unpaired) electrons. The van der Waals surface area contributed by atoms with E-state index in [0.29, 0.717) is 10.6 Å². The highest BCUT2D eigenvalue weighted by Gasteiger charge is 2.41. The molecule has 2 aromatic rings. The molecule has 0 saturated carbocycles. The van der Waals surface area contributed by atoms with Crippen LogP contribution in [0.25, 0.3) is 0 Å². The van der Waals surface area contributed by atoms with E-state index < -0.39 is 11.2 Å². The molecule has 2 amide bonds. The van der Waals surface area contributed by atoms with Crippen molar-refractivity contribution in [3.63, 3.8) is 0 Å². The van der Waals surface area contributed by atoms with Crippen LogP contribution in [-0.2, 0) is 9.59 Å². The van der Waals surface area contributed by atoms with Gasteiger partial charge in [-0.15, -0.1) is 23.5 Å². The molecule has 128 valence electrons. The molecule has 0 aromatic heterocycles. The molecule has 0 N–H and O–H groups in total. The van der Waals surface area contributed by atoms with Crippen molar-refractivity contribution >= 4 is 47.0 Å². The van der Waals surface area contributed by atoms with Gasteiger partial charge in [0.1, 0.15) is 0 Å². The van der Waals surface area contributed by atoms with Crippen molar-refractivity contribution in [2.24, 2.45) is 0 Å². The van der Waals surface area contributed by atoms with E-state index in [9.17, 15) is 19.5 Å². The summed E-state index contributed by atoms with van der Waals surface area (Å²) in [6.45, 7) is 0. The first-order chi connectivity index (χ1) is 12.0. The van der Waals surface area contributed by atoms with E-state index in [1.807, 2.05) is 18.4 Å². The highest BCUT2D eigenvalue weighted by molar-refractivity contribution is 8.00. The summed E-state index contributed by atoms with van der Waals surface area (Å²) in [6, 6.07) is 13.6. The van der Waals surface area contributed by atoms with Gasteiger partial charge in [0.15, 0.2) is 0 Å². The highest BCUT2D eigenvalue weighted by Crippen LogP contribution is 2.38. The maximum Gasteiger partial charge on any atom is 0.247 e. The van der Waals surface area contributed by atoms with Crippen LogP contribution in [-0.4, -0.2) is 29.3 Å². The van der Waals surface area contributed by atoms with Crippen molar-refractivity contribution in [2.45, 2.75) is 21.5 Å². The third kappa shape index (κ3) is 3.43. The fourth-order valence-electron chi connectivity index (χ4n) is 2.66. The number of hydrogen-bond donors (Lipinski definition) is 0. The fraction of sp³-hybridized carbons (Fsp3) is 0.167. The van der Waals surface area contributed by atoms with Crippen molar-refractivity contribution in [1.29, 1.82) is 0 Å². The molecule has 1 saturated heterocycles. The normalized spacial score (nSPS) is 17.2. The first-order valence-electron chi connectivity index (χ1n) is 7.49. The fourth-order valence-corrected chi connectivity index (χ4v) is 4.41. The molecule has 25 heavy (non-hydrogen) atoms. The van der Waals surface area contributed by atoms with Gasteiger partial charge in [0.25, 0.3) is 0 Å². The van der Waals surface area contributed by atoms with E-state index in [4.69, 9.17) is 0 Å². The van der Waals surface area contributed by atoms with Crippen molar-refractivity contribution in [3.8, 4) is 0 Å². The van der Waals surface area contributed by atoms with Gasteiger partial charge in [0, 0.05) is 21.8 Å². The number of carbonyl (C=O) groups excluding carboxylic acids is 3. The third-order valence-corrected chi connectivity index (χ3v) is 5.86. The Morgan fingerprint density at radius 1 is 1.08 bits per heavy atom. The van der Waals surface area contributed by atoms with Gasteiger partial charge >= 0.3 is 0 Å². The Hall–Kier alpha value is -2.25. The Morgan fingerprint density at radius 2 is 1.72 bits per heavy atom. The predicted molar refractivity (Wildman–Crippen MR) is 95.8 cm³/mol. The lowest BCUT2D eigenvalue weighted by Gasteiger charge is -2.18. The number of imide groups is 1. The van der Waals surface area contributed by atoms with Crippen molar-refractivity contribution in [2.75, 3.05) is 11.2 Å².